The van der Waals surface area contributed by atoms with Crippen LogP contribution in [0.3, 0.4) is 0 Å². The molecule has 0 radical (unpaired) electrons. The standard InChI is InChI=1S/C23H27N7O/c1-2-30-11-10-14-16(8-5-9-19(14)30)28-22-21-18(25-13-26-23(21)31)12-20(29-22)27-17-7-4-3-6-15(17)24/h5,8-13,15,17H,2-4,6-7,24H2,1H3,(H,25,26,31)(H2,27,28,29)/t15-,17+/m0/s1. The first-order valence-electron chi connectivity index (χ1n) is 10.9. The number of H-pyrrole nitrogens is 1. The first-order chi connectivity index (χ1) is 15.1. The van der Waals surface area contributed by atoms with E-state index >= 15 is 0 Å². The number of hydrogen-bond acceptors (Lipinski definition) is 6. The topological polar surface area (TPSA) is 114 Å². The Hall–Kier alpha value is -3.39. The van der Waals surface area contributed by atoms with Crippen molar-refractivity contribution >= 4 is 39.1 Å². The minimum absolute atomic E-state index is 0.0948. The first kappa shape index (κ1) is 19.6. The second kappa shape index (κ2) is 8.03. The molecule has 2 atom stereocenters. The quantitative estimate of drug-likeness (QED) is 0.394. The normalized spacial score (nSPS) is 19.0. The van der Waals surface area contributed by atoms with Crippen molar-refractivity contribution in [1.82, 2.24) is 19.5 Å². The molecule has 1 fully saturated rings. The predicted octanol–water partition coefficient (Wildman–Crippen LogP) is 3.72. The van der Waals surface area contributed by atoms with E-state index in [1.54, 1.807) is 0 Å². The van der Waals surface area contributed by atoms with Crippen LogP contribution in [0.1, 0.15) is 32.6 Å². The summed E-state index contributed by atoms with van der Waals surface area (Å²) in [6, 6.07) is 10.3. The van der Waals surface area contributed by atoms with Gasteiger partial charge in [-0.05, 0) is 38.0 Å². The molecule has 1 aromatic carbocycles. The highest BCUT2D eigenvalue weighted by atomic mass is 16.1. The maximum Gasteiger partial charge on any atom is 0.262 e. The van der Waals surface area contributed by atoms with Gasteiger partial charge in [-0.25, -0.2) is 9.97 Å². The molecule has 3 aromatic heterocycles. The molecule has 160 valence electrons. The highest BCUT2D eigenvalue weighted by molar-refractivity contribution is 5.98. The van der Waals surface area contributed by atoms with Crippen LogP contribution in [0, 0.1) is 0 Å². The fourth-order valence-corrected chi connectivity index (χ4v) is 4.52. The van der Waals surface area contributed by atoms with Gasteiger partial charge in [-0.1, -0.05) is 18.9 Å². The summed E-state index contributed by atoms with van der Waals surface area (Å²) in [6.07, 6.45) is 7.82. The Bertz CT molecular complexity index is 1290. The zero-order valence-electron chi connectivity index (χ0n) is 17.6. The molecule has 0 bridgehead atoms. The van der Waals surface area contributed by atoms with Crippen LogP contribution in [0.4, 0.5) is 17.3 Å². The summed E-state index contributed by atoms with van der Waals surface area (Å²) >= 11 is 0. The Morgan fingerprint density at radius 1 is 1.26 bits per heavy atom. The molecule has 31 heavy (non-hydrogen) atoms. The lowest BCUT2D eigenvalue weighted by Crippen LogP contribution is -2.42. The zero-order valence-corrected chi connectivity index (χ0v) is 17.6. The van der Waals surface area contributed by atoms with Crippen molar-refractivity contribution in [2.45, 2.75) is 51.2 Å². The molecule has 0 aliphatic heterocycles. The second-order valence-electron chi connectivity index (χ2n) is 8.15. The fourth-order valence-electron chi connectivity index (χ4n) is 4.52. The average molecular weight is 418 g/mol. The lowest BCUT2D eigenvalue weighted by molar-refractivity contribution is 0.403. The van der Waals surface area contributed by atoms with Gasteiger partial charge in [-0.3, -0.25) is 4.79 Å². The number of anilines is 3. The van der Waals surface area contributed by atoms with Crippen LogP contribution in [0.2, 0.25) is 0 Å². The van der Waals surface area contributed by atoms with E-state index in [4.69, 9.17) is 10.7 Å². The van der Waals surface area contributed by atoms with Crippen molar-refractivity contribution < 1.29 is 0 Å². The lowest BCUT2D eigenvalue weighted by atomic mass is 9.91. The SMILES string of the molecule is CCn1ccc2c(Nc3nc(N[C@@H]4CCCC[C@@H]4N)cc4nc[nH]c(=O)c34)cccc21. The van der Waals surface area contributed by atoms with Crippen molar-refractivity contribution in [2.75, 3.05) is 10.6 Å². The highest BCUT2D eigenvalue weighted by Gasteiger charge is 2.23. The van der Waals surface area contributed by atoms with E-state index < -0.39 is 0 Å². The van der Waals surface area contributed by atoms with Crippen LogP contribution in [0.15, 0.2) is 47.7 Å². The Morgan fingerprint density at radius 3 is 2.97 bits per heavy atom. The van der Waals surface area contributed by atoms with E-state index in [-0.39, 0.29) is 17.6 Å². The van der Waals surface area contributed by atoms with E-state index in [2.05, 4.69) is 50.4 Å². The van der Waals surface area contributed by atoms with Crippen molar-refractivity contribution in [3.63, 3.8) is 0 Å². The molecule has 5 N–H and O–H groups in total. The number of nitrogens with zero attached hydrogens (tertiary/aromatic N) is 3. The maximum absolute atomic E-state index is 12.6. The molecule has 8 nitrogen and oxygen atoms in total. The molecule has 0 saturated heterocycles. The van der Waals surface area contributed by atoms with E-state index in [0.29, 0.717) is 22.5 Å². The Balaban J connectivity index is 1.59. The number of fused-ring (bicyclic) bond motifs is 2. The number of aromatic amines is 1. The summed E-state index contributed by atoms with van der Waals surface area (Å²) in [7, 11) is 0. The number of nitrogens with one attached hydrogen (secondary N) is 3. The third-order valence-electron chi connectivity index (χ3n) is 6.19. The number of aromatic nitrogens is 4. The third kappa shape index (κ3) is 3.63. The molecule has 0 unspecified atom stereocenters. The van der Waals surface area contributed by atoms with Gasteiger partial charge < -0.3 is 25.9 Å². The summed E-state index contributed by atoms with van der Waals surface area (Å²) in [6.45, 7) is 3.00. The Kier molecular flexibility index (Phi) is 5.07. The van der Waals surface area contributed by atoms with Gasteiger partial charge in [-0.2, -0.15) is 0 Å². The minimum Gasteiger partial charge on any atom is -0.366 e. The predicted molar refractivity (Wildman–Crippen MR) is 125 cm³/mol. The molecule has 1 aliphatic carbocycles. The van der Waals surface area contributed by atoms with Gasteiger partial charge in [0.15, 0.2) is 0 Å². The van der Waals surface area contributed by atoms with E-state index in [1.807, 2.05) is 18.2 Å². The molecule has 8 heteroatoms. The lowest BCUT2D eigenvalue weighted by Gasteiger charge is -2.29. The number of nitrogens with two attached hydrogens (primary N) is 1. The van der Waals surface area contributed by atoms with E-state index in [9.17, 15) is 4.79 Å². The molecule has 0 spiro atoms. The zero-order chi connectivity index (χ0) is 21.4. The summed E-state index contributed by atoms with van der Waals surface area (Å²) in [5.41, 5.74) is 8.72. The molecule has 3 heterocycles. The number of hydrogen-bond donors (Lipinski definition) is 4. The molecule has 0 amide bonds. The highest BCUT2D eigenvalue weighted by Crippen LogP contribution is 2.30. The van der Waals surface area contributed by atoms with Gasteiger partial charge >= 0.3 is 0 Å². The van der Waals surface area contributed by atoms with Gasteiger partial charge in [-0.15, -0.1) is 0 Å². The van der Waals surface area contributed by atoms with Crippen LogP contribution in [0.5, 0.6) is 0 Å². The van der Waals surface area contributed by atoms with Crippen LogP contribution in [-0.2, 0) is 6.54 Å². The second-order valence-corrected chi connectivity index (χ2v) is 8.15. The molecule has 1 aliphatic rings. The maximum atomic E-state index is 12.6. The van der Waals surface area contributed by atoms with Crippen LogP contribution < -0.4 is 21.9 Å². The number of benzene rings is 1. The van der Waals surface area contributed by atoms with Gasteiger partial charge in [0.2, 0.25) is 0 Å². The average Bonchev–Trinajstić information content (AvgIpc) is 3.20. The fraction of sp³-hybridized carbons (Fsp3) is 0.348. The molecule has 1 saturated carbocycles. The molecule has 4 aromatic rings. The number of aryl methyl sites for hydroxylation is 1. The minimum atomic E-state index is -0.223. The van der Waals surface area contributed by atoms with Crippen molar-refractivity contribution in [1.29, 1.82) is 0 Å². The van der Waals surface area contributed by atoms with Crippen molar-refractivity contribution in [2.24, 2.45) is 5.73 Å². The number of pyridine rings is 1. The monoisotopic (exact) mass is 417 g/mol. The van der Waals surface area contributed by atoms with Gasteiger partial charge in [0, 0.05) is 42.0 Å². The van der Waals surface area contributed by atoms with Crippen LogP contribution in [-0.4, -0.2) is 31.6 Å². The first-order valence-corrected chi connectivity index (χ1v) is 10.9. The van der Waals surface area contributed by atoms with Gasteiger partial charge in [0.05, 0.1) is 17.4 Å². The molecular formula is C23H27N7O. The summed E-state index contributed by atoms with van der Waals surface area (Å²) in [4.78, 5) is 24.5. The smallest absolute Gasteiger partial charge is 0.262 e. The van der Waals surface area contributed by atoms with Gasteiger partial charge in [0.1, 0.15) is 17.0 Å². The summed E-state index contributed by atoms with van der Waals surface area (Å²) < 4.78 is 2.18. The van der Waals surface area contributed by atoms with Gasteiger partial charge in [0.25, 0.3) is 5.56 Å². The molecular weight excluding hydrogens is 390 g/mol. The van der Waals surface area contributed by atoms with Crippen molar-refractivity contribution in [3.8, 4) is 0 Å². The van der Waals surface area contributed by atoms with Crippen molar-refractivity contribution in [3.05, 3.63) is 53.2 Å². The Labute approximate surface area is 179 Å². The number of rotatable bonds is 5. The Morgan fingerprint density at radius 2 is 2.13 bits per heavy atom. The van der Waals surface area contributed by atoms with E-state index in [0.717, 1.165) is 48.8 Å². The van der Waals surface area contributed by atoms with Crippen LogP contribution >= 0.6 is 0 Å². The third-order valence-corrected chi connectivity index (χ3v) is 6.19. The van der Waals surface area contributed by atoms with Crippen LogP contribution in [0.25, 0.3) is 21.8 Å². The molecule has 5 rings (SSSR count). The summed E-state index contributed by atoms with van der Waals surface area (Å²) in [5, 5.41) is 8.40. The van der Waals surface area contributed by atoms with E-state index in [1.165, 1.54) is 6.33 Å². The summed E-state index contributed by atoms with van der Waals surface area (Å²) in [5.74, 6) is 1.16. The largest absolute Gasteiger partial charge is 0.366 e.